The van der Waals surface area contributed by atoms with Gasteiger partial charge in [0, 0.05) is 30.8 Å². The third kappa shape index (κ3) is 4.18. The molecule has 2 aromatic rings. The van der Waals surface area contributed by atoms with Crippen LogP contribution in [0.5, 0.6) is 0 Å². The minimum atomic E-state index is -0.221. The maximum Gasteiger partial charge on any atom is 0.191 e. The predicted molar refractivity (Wildman–Crippen MR) is 113 cm³/mol. The summed E-state index contributed by atoms with van der Waals surface area (Å²) in [5, 5.41) is 0.572. The molecule has 0 amide bonds. The summed E-state index contributed by atoms with van der Waals surface area (Å²) in [5.41, 5.74) is 7.49. The van der Waals surface area contributed by atoms with Crippen molar-refractivity contribution in [3.8, 4) is 0 Å². The molecular weight excluding hydrogens is 370 g/mol. The maximum atomic E-state index is 12.9. The van der Waals surface area contributed by atoms with Crippen molar-refractivity contribution in [3.05, 3.63) is 46.5 Å². The van der Waals surface area contributed by atoms with Crippen LogP contribution in [0.1, 0.15) is 31.9 Å². The second kappa shape index (κ2) is 8.75. The van der Waals surface area contributed by atoms with E-state index in [4.69, 9.17) is 20.2 Å². The summed E-state index contributed by atoms with van der Waals surface area (Å²) < 4.78 is 11.3. The van der Waals surface area contributed by atoms with Crippen molar-refractivity contribution in [3.63, 3.8) is 0 Å². The molecule has 0 aromatic carbocycles. The van der Waals surface area contributed by atoms with E-state index < -0.39 is 0 Å². The molecule has 2 saturated heterocycles. The number of H-pyrrole nitrogens is 1. The van der Waals surface area contributed by atoms with Crippen molar-refractivity contribution in [2.24, 2.45) is 10.7 Å². The average Bonchev–Trinajstić information content (AvgIpc) is 2.74. The first kappa shape index (κ1) is 19.6. The third-order valence-electron chi connectivity index (χ3n) is 5.35. The summed E-state index contributed by atoms with van der Waals surface area (Å²) in [5.74, 6) is 0.762. The SMILES string of the molecule is C[C@@H]1COCCN1c1cc(=O)c2ccnc(C(/C=C\N)=N\C3CCCCO3)c2[nH]1. The number of anilines is 1. The van der Waals surface area contributed by atoms with Crippen molar-refractivity contribution in [2.45, 2.75) is 38.5 Å². The van der Waals surface area contributed by atoms with E-state index in [1.54, 1.807) is 24.4 Å². The smallest absolute Gasteiger partial charge is 0.191 e. The molecule has 3 N–H and O–H groups in total. The topological polar surface area (TPSA) is 106 Å². The molecule has 4 rings (SSSR count). The number of nitrogens with two attached hydrogens (primary N) is 1. The molecule has 154 valence electrons. The zero-order valence-corrected chi connectivity index (χ0v) is 16.6. The van der Waals surface area contributed by atoms with Gasteiger partial charge in [-0.05, 0) is 44.5 Å². The van der Waals surface area contributed by atoms with Crippen LogP contribution >= 0.6 is 0 Å². The molecule has 0 radical (unpaired) electrons. The molecule has 29 heavy (non-hydrogen) atoms. The first-order valence-corrected chi connectivity index (χ1v) is 10.1. The Balaban J connectivity index is 1.82. The van der Waals surface area contributed by atoms with E-state index in [1.165, 1.54) is 6.20 Å². The van der Waals surface area contributed by atoms with Crippen LogP contribution in [0.4, 0.5) is 5.82 Å². The number of fused-ring (bicyclic) bond motifs is 1. The number of aliphatic imine (C=N–C) groups is 1. The van der Waals surface area contributed by atoms with E-state index in [0.717, 1.165) is 31.6 Å². The first-order valence-electron chi connectivity index (χ1n) is 10.1. The molecule has 2 fully saturated rings. The molecule has 1 unspecified atom stereocenters. The fourth-order valence-electron chi connectivity index (χ4n) is 3.85. The Kier molecular flexibility index (Phi) is 5.92. The van der Waals surface area contributed by atoms with Crippen LogP contribution in [-0.4, -0.2) is 54.3 Å². The number of aromatic amines is 1. The van der Waals surface area contributed by atoms with E-state index >= 15 is 0 Å². The number of allylic oxidation sites excluding steroid dienone is 1. The number of ether oxygens (including phenoxy) is 2. The molecule has 0 aliphatic carbocycles. The second-order valence-electron chi connectivity index (χ2n) is 7.41. The lowest BCUT2D eigenvalue weighted by Gasteiger charge is -2.34. The van der Waals surface area contributed by atoms with Gasteiger partial charge in [-0.25, -0.2) is 0 Å². The highest BCUT2D eigenvalue weighted by Crippen LogP contribution is 2.22. The fourth-order valence-corrected chi connectivity index (χ4v) is 3.85. The zero-order valence-electron chi connectivity index (χ0n) is 16.6. The van der Waals surface area contributed by atoms with Gasteiger partial charge in [0.1, 0.15) is 17.7 Å². The molecule has 0 spiro atoms. The normalized spacial score (nSPS) is 23.8. The Morgan fingerprint density at radius 3 is 3.07 bits per heavy atom. The standard InChI is InChI=1S/C21H27N5O3/c1-14-13-28-11-9-26(14)18-12-17(27)15-6-8-23-21(20(15)25-18)16(5-7-22)24-19-4-2-3-10-29-19/h5-8,12,14,19H,2-4,9-11,13,22H2,1H3,(H,25,27)/b7-5-,24-16-/t14-,19?/m1/s1. The predicted octanol–water partition coefficient (Wildman–Crippen LogP) is 1.94. The number of rotatable bonds is 4. The van der Waals surface area contributed by atoms with E-state index in [9.17, 15) is 4.79 Å². The van der Waals surface area contributed by atoms with Crippen LogP contribution in [0.15, 0.2) is 40.4 Å². The lowest BCUT2D eigenvalue weighted by atomic mass is 10.1. The molecule has 2 aliphatic rings. The number of aromatic nitrogens is 2. The molecule has 8 heteroatoms. The van der Waals surface area contributed by atoms with Gasteiger partial charge in [-0.2, -0.15) is 0 Å². The van der Waals surface area contributed by atoms with Gasteiger partial charge in [-0.1, -0.05) is 0 Å². The van der Waals surface area contributed by atoms with E-state index in [0.29, 0.717) is 42.1 Å². The van der Waals surface area contributed by atoms with Gasteiger partial charge in [-0.15, -0.1) is 0 Å². The van der Waals surface area contributed by atoms with E-state index in [-0.39, 0.29) is 17.7 Å². The molecule has 0 saturated carbocycles. The van der Waals surface area contributed by atoms with Gasteiger partial charge >= 0.3 is 0 Å². The summed E-state index contributed by atoms with van der Waals surface area (Å²) in [4.78, 5) is 27.7. The second-order valence-corrected chi connectivity index (χ2v) is 7.41. The van der Waals surface area contributed by atoms with Gasteiger partial charge in [0.15, 0.2) is 5.43 Å². The molecule has 4 heterocycles. The monoisotopic (exact) mass is 397 g/mol. The van der Waals surface area contributed by atoms with Crippen molar-refractivity contribution >= 4 is 22.4 Å². The highest BCUT2D eigenvalue weighted by molar-refractivity contribution is 6.14. The van der Waals surface area contributed by atoms with Crippen molar-refractivity contribution in [2.75, 3.05) is 31.3 Å². The quantitative estimate of drug-likeness (QED) is 0.764. The lowest BCUT2D eigenvalue weighted by Crippen LogP contribution is -2.44. The minimum Gasteiger partial charge on any atom is -0.405 e. The highest BCUT2D eigenvalue weighted by Gasteiger charge is 2.22. The fraction of sp³-hybridized carbons (Fsp3) is 0.476. The minimum absolute atomic E-state index is 0.0545. The zero-order chi connectivity index (χ0) is 20.2. The van der Waals surface area contributed by atoms with Crippen molar-refractivity contribution in [1.29, 1.82) is 0 Å². The highest BCUT2D eigenvalue weighted by atomic mass is 16.5. The van der Waals surface area contributed by atoms with Gasteiger partial charge < -0.3 is 25.1 Å². The Hall–Kier alpha value is -2.71. The molecule has 2 atom stereocenters. The molecule has 2 aromatic heterocycles. The van der Waals surface area contributed by atoms with Crippen molar-refractivity contribution < 1.29 is 9.47 Å². The van der Waals surface area contributed by atoms with Crippen molar-refractivity contribution in [1.82, 2.24) is 9.97 Å². The van der Waals surface area contributed by atoms with Crippen LogP contribution in [0.3, 0.4) is 0 Å². The number of hydrogen-bond acceptors (Lipinski definition) is 7. The largest absolute Gasteiger partial charge is 0.405 e. The Morgan fingerprint density at radius 2 is 2.31 bits per heavy atom. The number of pyridine rings is 2. The van der Waals surface area contributed by atoms with Gasteiger partial charge in [0.2, 0.25) is 0 Å². The van der Waals surface area contributed by atoms with Gasteiger partial charge in [-0.3, -0.25) is 14.8 Å². The number of nitrogens with one attached hydrogen (secondary N) is 1. The summed E-state index contributed by atoms with van der Waals surface area (Å²) in [6.45, 7) is 4.76. The Bertz CT molecular complexity index is 978. The van der Waals surface area contributed by atoms with Gasteiger partial charge in [0.25, 0.3) is 0 Å². The average molecular weight is 397 g/mol. The summed E-state index contributed by atoms with van der Waals surface area (Å²) in [6, 6.07) is 3.54. The Morgan fingerprint density at radius 1 is 1.41 bits per heavy atom. The molecule has 8 nitrogen and oxygen atoms in total. The number of nitrogens with zero attached hydrogens (tertiary/aromatic N) is 3. The van der Waals surface area contributed by atoms with Crippen LogP contribution in [0, 0.1) is 0 Å². The number of hydrogen-bond donors (Lipinski definition) is 2. The first-order chi connectivity index (χ1) is 14.2. The Labute approximate surface area is 169 Å². The van der Waals surface area contributed by atoms with Crippen LogP contribution in [-0.2, 0) is 9.47 Å². The molecule has 0 bridgehead atoms. The number of morpholine rings is 1. The summed E-state index contributed by atoms with van der Waals surface area (Å²) in [7, 11) is 0. The molecule has 2 aliphatic heterocycles. The van der Waals surface area contributed by atoms with E-state index in [1.807, 2.05) is 0 Å². The summed E-state index contributed by atoms with van der Waals surface area (Å²) in [6.07, 6.45) is 7.55. The third-order valence-corrected chi connectivity index (χ3v) is 5.35. The lowest BCUT2D eigenvalue weighted by molar-refractivity contribution is 0.0224. The van der Waals surface area contributed by atoms with Crippen LogP contribution in [0.2, 0.25) is 0 Å². The molecular formula is C21H27N5O3. The van der Waals surface area contributed by atoms with Crippen LogP contribution in [0.25, 0.3) is 10.9 Å². The van der Waals surface area contributed by atoms with Gasteiger partial charge in [0.05, 0.1) is 30.5 Å². The summed E-state index contributed by atoms with van der Waals surface area (Å²) >= 11 is 0. The maximum absolute atomic E-state index is 12.9. The van der Waals surface area contributed by atoms with E-state index in [2.05, 4.69) is 21.8 Å². The van der Waals surface area contributed by atoms with Crippen LogP contribution < -0.4 is 16.1 Å².